The number of phenols is 1. The summed E-state index contributed by atoms with van der Waals surface area (Å²) in [6.07, 6.45) is 6.30. The van der Waals surface area contributed by atoms with Crippen LogP contribution in [-0.2, 0) is 5.41 Å². The standard InChI is InChI=1S/C30H32N2O/c1-4-18-29(2,3)30(19-9-20-30)23-16-14-22(15-17-23)26-27(21-10-6-5-7-11-21)32-28-24(31-26)12-8-13-25(28)33/h5-8,10-17,33H,4,9,18-20H2,1-3H3. The molecular formula is C30H32N2O. The fourth-order valence-corrected chi connectivity index (χ4v) is 5.76. The average Bonchev–Trinajstić information content (AvgIpc) is 2.79. The molecule has 168 valence electrons. The van der Waals surface area contributed by atoms with E-state index in [0.717, 1.165) is 22.5 Å². The highest BCUT2D eigenvalue weighted by atomic mass is 16.3. The Kier molecular flexibility index (Phi) is 5.44. The molecule has 0 aliphatic heterocycles. The molecule has 1 saturated carbocycles. The number of para-hydroxylation sites is 1. The Hall–Kier alpha value is -3.20. The Morgan fingerprint density at radius 3 is 2.12 bits per heavy atom. The Morgan fingerprint density at radius 2 is 1.48 bits per heavy atom. The third kappa shape index (κ3) is 3.60. The molecule has 1 aliphatic carbocycles. The molecular weight excluding hydrogens is 404 g/mol. The van der Waals surface area contributed by atoms with Crippen molar-refractivity contribution >= 4 is 11.0 Å². The van der Waals surface area contributed by atoms with Crippen molar-refractivity contribution < 1.29 is 5.11 Å². The molecule has 5 rings (SSSR count). The summed E-state index contributed by atoms with van der Waals surface area (Å²) < 4.78 is 0. The predicted molar refractivity (Wildman–Crippen MR) is 136 cm³/mol. The summed E-state index contributed by atoms with van der Waals surface area (Å²) in [6, 6.07) is 24.5. The highest BCUT2D eigenvalue weighted by molar-refractivity contribution is 5.89. The molecule has 0 unspecified atom stereocenters. The van der Waals surface area contributed by atoms with Gasteiger partial charge in [0.05, 0.1) is 16.9 Å². The van der Waals surface area contributed by atoms with E-state index in [0.29, 0.717) is 11.0 Å². The maximum absolute atomic E-state index is 10.4. The Morgan fingerprint density at radius 1 is 0.818 bits per heavy atom. The van der Waals surface area contributed by atoms with Crippen molar-refractivity contribution in [3.05, 3.63) is 78.4 Å². The first-order valence-electron chi connectivity index (χ1n) is 12.1. The van der Waals surface area contributed by atoms with E-state index in [4.69, 9.17) is 9.97 Å². The van der Waals surface area contributed by atoms with Crippen LogP contribution in [0.4, 0.5) is 0 Å². The van der Waals surface area contributed by atoms with Gasteiger partial charge in [0.15, 0.2) is 0 Å². The SMILES string of the molecule is CCCC(C)(C)C1(c2ccc(-c3nc4cccc(O)c4nc3-c3ccccc3)cc2)CCC1. The Balaban J connectivity index is 1.63. The number of nitrogens with zero attached hydrogens (tertiary/aromatic N) is 2. The summed E-state index contributed by atoms with van der Waals surface area (Å²) in [4.78, 5) is 9.84. The largest absolute Gasteiger partial charge is 0.506 e. The number of benzene rings is 3. The van der Waals surface area contributed by atoms with Crippen molar-refractivity contribution in [2.45, 2.75) is 58.3 Å². The van der Waals surface area contributed by atoms with E-state index in [2.05, 4.69) is 45.0 Å². The van der Waals surface area contributed by atoms with Crippen molar-refractivity contribution in [1.82, 2.24) is 9.97 Å². The maximum atomic E-state index is 10.4. The van der Waals surface area contributed by atoms with E-state index in [1.165, 1.54) is 37.7 Å². The second-order valence-electron chi connectivity index (χ2n) is 10.1. The van der Waals surface area contributed by atoms with Crippen LogP contribution in [0.25, 0.3) is 33.5 Å². The van der Waals surface area contributed by atoms with Crippen molar-refractivity contribution in [3.8, 4) is 28.3 Å². The van der Waals surface area contributed by atoms with Gasteiger partial charge < -0.3 is 5.11 Å². The predicted octanol–water partition coefficient (Wildman–Crippen LogP) is 7.92. The molecule has 0 amide bonds. The molecule has 0 spiro atoms. The zero-order chi connectivity index (χ0) is 23.1. The monoisotopic (exact) mass is 436 g/mol. The van der Waals surface area contributed by atoms with Gasteiger partial charge in [-0.15, -0.1) is 0 Å². The average molecular weight is 437 g/mol. The van der Waals surface area contributed by atoms with E-state index < -0.39 is 0 Å². The molecule has 4 aromatic rings. The van der Waals surface area contributed by atoms with E-state index in [1.807, 2.05) is 42.5 Å². The normalized spacial score (nSPS) is 15.4. The minimum atomic E-state index is 0.157. The van der Waals surface area contributed by atoms with Gasteiger partial charge >= 0.3 is 0 Å². The van der Waals surface area contributed by atoms with Crippen LogP contribution in [0.15, 0.2) is 72.8 Å². The molecule has 3 aromatic carbocycles. The van der Waals surface area contributed by atoms with Crippen molar-refractivity contribution in [1.29, 1.82) is 0 Å². The van der Waals surface area contributed by atoms with Crippen molar-refractivity contribution in [2.75, 3.05) is 0 Å². The first-order valence-corrected chi connectivity index (χ1v) is 12.1. The molecule has 1 fully saturated rings. The lowest BCUT2D eigenvalue weighted by Crippen LogP contribution is -2.47. The quantitative estimate of drug-likeness (QED) is 0.334. The maximum Gasteiger partial charge on any atom is 0.143 e. The van der Waals surface area contributed by atoms with E-state index in [9.17, 15) is 5.11 Å². The molecule has 3 heteroatoms. The number of aromatic hydroxyl groups is 1. The van der Waals surface area contributed by atoms with Crippen LogP contribution in [0.2, 0.25) is 0 Å². The van der Waals surface area contributed by atoms with Gasteiger partial charge in [0.1, 0.15) is 11.3 Å². The molecule has 1 aromatic heterocycles. The summed E-state index contributed by atoms with van der Waals surface area (Å²) in [5, 5.41) is 10.4. The zero-order valence-electron chi connectivity index (χ0n) is 19.8. The number of hydrogen-bond donors (Lipinski definition) is 1. The minimum absolute atomic E-state index is 0.157. The second kappa shape index (κ2) is 8.30. The molecule has 1 heterocycles. The van der Waals surface area contributed by atoms with Gasteiger partial charge in [0, 0.05) is 16.5 Å². The first-order chi connectivity index (χ1) is 15.9. The lowest BCUT2D eigenvalue weighted by Gasteiger charge is -2.54. The third-order valence-corrected chi connectivity index (χ3v) is 7.81. The number of phenolic OH excluding ortho intramolecular Hbond substituents is 1. The fraction of sp³-hybridized carbons (Fsp3) is 0.333. The summed E-state index contributed by atoms with van der Waals surface area (Å²) in [6.45, 7) is 7.18. The van der Waals surface area contributed by atoms with Gasteiger partial charge in [-0.05, 0) is 42.4 Å². The third-order valence-electron chi connectivity index (χ3n) is 7.81. The van der Waals surface area contributed by atoms with Crippen LogP contribution in [0, 0.1) is 5.41 Å². The van der Waals surface area contributed by atoms with Crippen LogP contribution >= 0.6 is 0 Å². The molecule has 0 bridgehead atoms. The molecule has 0 atom stereocenters. The molecule has 1 aliphatic rings. The van der Waals surface area contributed by atoms with Gasteiger partial charge in [0.2, 0.25) is 0 Å². The van der Waals surface area contributed by atoms with Crippen molar-refractivity contribution in [2.24, 2.45) is 5.41 Å². The van der Waals surface area contributed by atoms with Crippen molar-refractivity contribution in [3.63, 3.8) is 0 Å². The fourth-order valence-electron chi connectivity index (χ4n) is 5.76. The summed E-state index contributed by atoms with van der Waals surface area (Å²) >= 11 is 0. The van der Waals surface area contributed by atoms with Crippen LogP contribution in [0.3, 0.4) is 0 Å². The summed E-state index contributed by atoms with van der Waals surface area (Å²) in [7, 11) is 0. The first kappa shape index (κ1) is 21.6. The zero-order valence-corrected chi connectivity index (χ0v) is 19.8. The molecule has 1 N–H and O–H groups in total. The lowest BCUT2D eigenvalue weighted by atomic mass is 9.50. The smallest absolute Gasteiger partial charge is 0.143 e. The number of fused-ring (bicyclic) bond motifs is 1. The topological polar surface area (TPSA) is 46.0 Å². The molecule has 0 radical (unpaired) electrons. The summed E-state index contributed by atoms with van der Waals surface area (Å²) in [5.41, 5.74) is 6.93. The van der Waals surface area contributed by atoms with E-state index >= 15 is 0 Å². The number of hydrogen-bond acceptors (Lipinski definition) is 3. The van der Waals surface area contributed by atoms with E-state index in [1.54, 1.807) is 6.07 Å². The second-order valence-corrected chi connectivity index (χ2v) is 10.1. The Labute approximate surface area is 196 Å². The molecule has 0 saturated heterocycles. The van der Waals surface area contributed by atoms with Gasteiger partial charge in [0.25, 0.3) is 0 Å². The van der Waals surface area contributed by atoms with Crippen LogP contribution in [0.1, 0.15) is 58.4 Å². The van der Waals surface area contributed by atoms with Crippen LogP contribution in [-0.4, -0.2) is 15.1 Å². The highest BCUT2D eigenvalue weighted by Crippen LogP contribution is 2.57. The van der Waals surface area contributed by atoms with E-state index in [-0.39, 0.29) is 16.6 Å². The number of aromatic nitrogens is 2. The lowest BCUT2D eigenvalue weighted by molar-refractivity contribution is 0.0596. The van der Waals surface area contributed by atoms with Gasteiger partial charge in [-0.2, -0.15) is 0 Å². The minimum Gasteiger partial charge on any atom is -0.506 e. The highest BCUT2D eigenvalue weighted by Gasteiger charge is 2.49. The number of rotatable bonds is 6. The summed E-state index contributed by atoms with van der Waals surface area (Å²) in [5.74, 6) is 0.157. The molecule has 33 heavy (non-hydrogen) atoms. The van der Waals surface area contributed by atoms with Crippen LogP contribution < -0.4 is 0 Å². The Bertz CT molecular complexity index is 1270. The van der Waals surface area contributed by atoms with Gasteiger partial charge in [-0.1, -0.05) is 94.3 Å². The van der Waals surface area contributed by atoms with Gasteiger partial charge in [-0.3, -0.25) is 0 Å². The van der Waals surface area contributed by atoms with Crippen LogP contribution in [0.5, 0.6) is 5.75 Å². The van der Waals surface area contributed by atoms with Gasteiger partial charge in [-0.25, -0.2) is 9.97 Å². The molecule has 3 nitrogen and oxygen atoms in total.